The number of halogens is 4. The molecule has 0 saturated carbocycles. The highest BCUT2D eigenvalue weighted by molar-refractivity contribution is 9.10. The molecule has 18 heavy (non-hydrogen) atoms. The van der Waals surface area contributed by atoms with E-state index in [4.69, 9.17) is 5.73 Å². The molecule has 1 unspecified atom stereocenters. The molecule has 2 aromatic carbocycles. The van der Waals surface area contributed by atoms with Gasteiger partial charge in [0.2, 0.25) is 0 Å². The predicted molar refractivity (Wildman–Crippen MR) is 66.5 cm³/mol. The van der Waals surface area contributed by atoms with Gasteiger partial charge in [-0.05, 0) is 41.5 Å². The maximum Gasteiger partial charge on any atom is 0.159 e. The lowest BCUT2D eigenvalue weighted by atomic mass is 9.99. The fourth-order valence-electron chi connectivity index (χ4n) is 1.65. The molecule has 0 aliphatic rings. The van der Waals surface area contributed by atoms with Crippen LogP contribution in [0.1, 0.15) is 17.2 Å². The fourth-order valence-corrected chi connectivity index (χ4v) is 2.14. The second-order valence-corrected chi connectivity index (χ2v) is 4.77. The van der Waals surface area contributed by atoms with Crippen molar-refractivity contribution in [2.24, 2.45) is 5.73 Å². The fraction of sp³-hybridized carbons (Fsp3) is 0.0769. The van der Waals surface area contributed by atoms with Gasteiger partial charge in [0.1, 0.15) is 5.82 Å². The van der Waals surface area contributed by atoms with Gasteiger partial charge in [0.05, 0.1) is 6.04 Å². The predicted octanol–water partition coefficient (Wildman–Crippen LogP) is 3.91. The molecule has 2 rings (SSSR count). The van der Waals surface area contributed by atoms with Gasteiger partial charge in [0.15, 0.2) is 11.6 Å². The standard InChI is InChI=1S/C13H9BrF3N/c14-9-3-8(4-10(15)6-9)13(18)7-1-2-11(16)12(17)5-7/h1-6,13H,18H2. The van der Waals surface area contributed by atoms with Crippen LogP contribution in [0.25, 0.3) is 0 Å². The van der Waals surface area contributed by atoms with Crippen LogP contribution in [-0.4, -0.2) is 0 Å². The molecule has 0 bridgehead atoms. The summed E-state index contributed by atoms with van der Waals surface area (Å²) in [5, 5.41) is 0. The zero-order chi connectivity index (χ0) is 13.3. The van der Waals surface area contributed by atoms with Gasteiger partial charge in [-0.15, -0.1) is 0 Å². The van der Waals surface area contributed by atoms with Crippen molar-refractivity contribution in [1.82, 2.24) is 0 Å². The van der Waals surface area contributed by atoms with Crippen molar-refractivity contribution in [3.63, 3.8) is 0 Å². The molecule has 0 aromatic heterocycles. The average Bonchev–Trinajstić information content (AvgIpc) is 2.30. The highest BCUT2D eigenvalue weighted by Gasteiger charge is 2.13. The van der Waals surface area contributed by atoms with Gasteiger partial charge in [0, 0.05) is 4.47 Å². The molecule has 0 heterocycles. The number of benzene rings is 2. The zero-order valence-electron chi connectivity index (χ0n) is 9.13. The Kier molecular flexibility index (Phi) is 3.73. The van der Waals surface area contributed by atoms with Crippen molar-refractivity contribution in [2.45, 2.75) is 6.04 Å². The Balaban J connectivity index is 2.40. The average molecular weight is 316 g/mol. The van der Waals surface area contributed by atoms with E-state index in [0.29, 0.717) is 15.6 Å². The lowest BCUT2D eigenvalue weighted by Gasteiger charge is -2.13. The molecule has 2 N–H and O–H groups in total. The van der Waals surface area contributed by atoms with Crippen LogP contribution < -0.4 is 5.73 Å². The number of rotatable bonds is 2. The highest BCUT2D eigenvalue weighted by atomic mass is 79.9. The van der Waals surface area contributed by atoms with Gasteiger partial charge in [-0.3, -0.25) is 0 Å². The lowest BCUT2D eigenvalue weighted by molar-refractivity contribution is 0.506. The summed E-state index contributed by atoms with van der Waals surface area (Å²) in [7, 11) is 0. The lowest BCUT2D eigenvalue weighted by Crippen LogP contribution is -2.12. The Morgan fingerprint density at radius 2 is 1.61 bits per heavy atom. The third-order valence-electron chi connectivity index (χ3n) is 2.55. The Hall–Kier alpha value is -1.33. The third-order valence-corrected chi connectivity index (χ3v) is 3.00. The van der Waals surface area contributed by atoms with E-state index in [9.17, 15) is 13.2 Å². The summed E-state index contributed by atoms with van der Waals surface area (Å²) in [6.45, 7) is 0. The normalized spacial score (nSPS) is 12.5. The molecule has 94 valence electrons. The van der Waals surface area contributed by atoms with Crippen LogP contribution in [0, 0.1) is 17.5 Å². The molecule has 0 spiro atoms. The monoisotopic (exact) mass is 315 g/mol. The van der Waals surface area contributed by atoms with Crippen molar-refractivity contribution >= 4 is 15.9 Å². The second kappa shape index (κ2) is 5.12. The van der Waals surface area contributed by atoms with Crippen molar-refractivity contribution in [3.05, 3.63) is 69.4 Å². The SMILES string of the molecule is NC(c1cc(F)cc(Br)c1)c1ccc(F)c(F)c1. The summed E-state index contributed by atoms with van der Waals surface area (Å²) < 4.78 is 39.7. The maximum absolute atomic E-state index is 13.2. The van der Waals surface area contributed by atoms with Crippen molar-refractivity contribution < 1.29 is 13.2 Å². The quantitative estimate of drug-likeness (QED) is 0.893. The molecule has 0 radical (unpaired) electrons. The topological polar surface area (TPSA) is 26.0 Å². The number of nitrogens with two attached hydrogens (primary N) is 1. The van der Waals surface area contributed by atoms with Crippen molar-refractivity contribution in [2.75, 3.05) is 0 Å². The summed E-state index contributed by atoms with van der Waals surface area (Å²) in [6.07, 6.45) is 0. The highest BCUT2D eigenvalue weighted by Crippen LogP contribution is 2.24. The van der Waals surface area contributed by atoms with Crippen molar-refractivity contribution in [1.29, 1.82) is 0 Å². The largest absolute Gasteiger partial charge is 0.320 e. The van der Waals surface area contributed by atoms with Gasteiger partial charge in [0.25, 0.3) is 0 Å². The van der Waals surface area contributed by atoms with E-state index in [2.05, 4.69) is 15.9 Å². The Morgan fingerprint density at radius 1 is 0.889 bits per heavy atom. The molecule has 2 aromatic rings. The first-order chi connectivity index (χ1) is 8.47. The first-order valence-electron chi connectivity index (χ1n) is 5.14. The van der Waals surface area contributed by atoms with Crippen molar-refractivity contribution in [3.8, 4) is 0 Å². The Bertz CT molecular complexity index is 566. The molecular formula is C13H9BrF3N. The minimum Gasteiger partial charge on any atom is -0.320 e. The maximum atomic E-state index is 13.2. The molecule has 0 aliphatic heterocycles. The minimum atomic E-state index is -0.974. The molecule has 1 atom stereocenters. The summed E-state index contributed by atoms with van der Waals surface area (Å²) >= 11 is 3.15. The van der Waals surface area contributed by atoms with Crippen LogP contribution in [0.2, 0.25) is 0 Å². The van der Waals surface area contributed by atoms with Gasteiger partial charge >= 0.3 is 0 Å². The van der Waals surface area contributed by atoms with E-state index in [1.807, 2.05) is 0 Å². The molecule has 1 nitrogen and oxygen atoms in total. The van der Waals surface area contributed by atoms with Crippen LogP contribution in [0.4, 0.5) is 13.2 Å². The molecule has 0 aliphatic carbocycles. The van der Waals surface area contributed by atoms with E-state index in [1.54, 1.807) is 6.07 Å². The zero-order valence-corrected chi connectivity index (χ0v) is 10.7. The van der Waals surface area contributed by atoms with E-state index in [0.717, 1.165) is 12.1 Å². The van der Waals surface area contributed by atoms with E-state index in [-0.39, 0.29) is 0 Å². The molecular weight excluding hydrogens is 307 g/mol. The second-order valence-electron chi connectivity index (χ2n) is 3.85. The van der Waals surface area contributed by atoms with E-state index >= 15 is 0 Å². The molecule has 0 amide bonds. The summed E-state index contributed by atoms with van der Waals surface area (Å²) in [4.78, 5) is 0. The first-order valence-corrected chi connectivity index (χ1v) is 5.93. The van der Waals surface area contributed by atoms with Gasteiger partial charge in [-0.25, -0.2) is 13.2 Å². The van der Waals surface area contributed by atoms with Crippen LogP contribution >= 0.6 is 15.9 Å². The van der Waals surface area contributed by atoms with E-state index < -0.39 is 23.5 Å². The van der Waals surface area contributed by atoms with Gasteiger partial charge < -0.3 is 5.73 Å². The van der Waals surface area contributed by atoms with Crippen LogP contribution in [0.3, 0.4) is 0 Å². The number of hydrogen-bond acceptors (Lipinski definition) is 1. The van der Waals surface area contributed by atoms with Crippen LogP contribution in [-0.2, 0) is 0 Å². The number of hydrogen-bond donors (Lipinski definition) is 1. The first kappa shape index (κ1) is 13.1. The smallest absolute Gasteiger partial charge is 0.159 e. The Labute approximate surface area is 111 Å². The van der Waals surface area contributed by atoms with Gasteiger partial charge in [-0.1, -0.05) is 22.0 Å². The summed E-state index contributed by atoms with van der Waals surface area (Å²) in [5.74, 6) is -2.36. The van der Waals surface area contributed by atoms with Gasteiger partial charge in [-0.2, -0.15) is 0 Å². The third kappa shape index (κ3) is 2.73. The molecule has 0 fully saturated rings. The van der Waals surface area contributed by atoms with E-state index in [1.165, 1.54) is 18.2 Å². The Morgan fingerprint density at radius 3 is 2.22 bits per heavy atom. The molecule has 0 saturated heterocycles. The van der Waals surface area contributed by atoms with Crippen LogP contribution in [0.5, 0.6) is 0 Å². The summed E-state index contributed by atoms with van der Waals surface area (Å²) in [6, 6.07) is 6.86. The molecule has 5 heteroatoms. The minimum absolute atomic E-state index is 0.381. The summed E-state index contributed by atoms with van der Waals surface area (Å²) in [5.41, 5.74) is 6.76. The van der Waals surface area contributed by atoms with Crippen LogP contribution in [0.15, 0.2) is 40.9 Å².